The van der Waals surface area contributed by atoms with Crippen molar-refractivity contribution in [2.45, 2.75) is 388 Å². The maximum absolute atomic E-state index is 6.76. The van der Waals surface area contributed by atoms with E-state index in [1.165, 1.54) is 325 Å². The second-order valence-electron chi connectivity index (χ2n) is 26.2. The average Bonchev–Trinajstić information content (AvgIpc) is 3.75. The van der Waals surface area contributed by atoms with Crippen LogP contribution in [0, 0.1) is 0 Å². The third-order valence-electron chi connectivity index (χ3n) is 17.7. The molecule has 0 atom stereocenters. The molecule has 0 saturated carbocycles. The standard InChI is InChI=1S/C45H69O3P.C36H75O3P/c1-4-7-10-13-16-19-22-31-40-34-25-28-37-43(40)46-49(47-44-38-29-26-35-41(44)32-23-20-17-14-11-8-5-2)48-45-39-30-27-36-42(45)33-24-21-18-15-12-9-6-3;1-4-7-10-13-16-19-22-25-28-31-34-37-40(38-35-32-29-26-23-20-17-14-11-8-5-2)39-36-33-30-27-24-21-18-15-12-9-6-3/h25-30,34-39H,4-24,31-33H2,1-3H3;4-36H2,1-3H3. The fraction of sp³-hybridized carbons (Fsp3) is 0.778. The van der Waals surface area contributed by atoms with Gasteiger partial charge >= 0.3 is 17.2 Å². The molecule has 8 heteroatoms. The summed E-state index contributed by atoms with van der Waals surface area (Å²) < 4.78 is 38.6. The predicted octanol–water partition coefficient (Wildman–Crippen LogP) is 29.4. The van der Waals surface area contributed by atoms with Gasteiger partial charge in [0.05, 0.1) is 19.8 Å². The van der Waals surface area contributed by atoms with Gasteiger partial charge in [-0.25, -0.2) is 0 Å². The number of para-hydroxylation sites is 3. The molecule has 0 fully saturated rings. The van der Waals surface area contributed by atoms with E-state index in [1.54, 1.807) is 0 Å². The molecule has 0 unspecified atom stereocenters. The lowest BCUT2D eigenvalue weighted by Gasteiger charge is -2.22. The minimum atomic E-state index is -1.72. The van der Waals surface area contributed by atoms with Crippen LogP contribution in [0.5, 0.6) is 17.2 Å². The van der Waals surface area contributed by atoms with E-state index in [-0.39, 0.29) is 0 Å². The number of aryl methyl sites for hydroxylation is 3. The van der Waals surface area contributed by atoms with Crippen molar-refractivity contribution in [2.24, 2.45) is 0 Å². The van der Waals surface area contributed by atoms with Crippen molar-refractivity contribution in [1.82, 2.24) is 0 Å². The number of hydrogen-bond acceptors (Lipinski definition) is 6. The molecular formula is C81H144O6P2. The molecule has 0 aliphatic rings. The van der Waals surface area contributed by atoms with Crippen LogP contribution in [-0.2, 0) is 32.8 Å². The fourth-order valence-corrected chi connectivity index (χ4v) is 14.0. The van der Waals surface area contributed by atoms with Crippen molar-refractivity contribution in [3.8, 4) is 17.2 Å². The zero-order chi connectivity index (χ0) is 63.7. The molecule has 0 aliphatic heterocycles. The van der Waals surface area contributed by atoms with E-state index in [9.17, 15) is 0 Å². The smallest absolute Gasteiger partial charge is 0.408 e. The van der Waals surface area contributed by atoms with E-state index in [4.69, 9.17) is 27.1 Å². The van der Waals surface area contributed by atoms with Crippen molar-refractivity contribution in [2.75, 3.05) is 19.8 Å². The first kappa shape index (κ1) is 82.9. The van der Waals surface area contributed by atoms with E-state index < -0.39 is 17.2 Å². The average molecular weight is 1280 g/mol. The van der Waals surface area contributed by atoms with Crippen LogP contribution in [0.4, 0.5) is 0 Å². The zero-order valence-corrected chi connectivity index (χ0v) is 61.4. The summed E-state index contributed by atoms with van der Waals surface area (Å²) in [5.74, 6) is 2.65. The summed E-state index contributed by atoms with van der Waals surface area (Å²) in [6, 6.07) is 25.5. The van der Waals surface area contributed by atoms with Crippen LogP contribution in [0.1, 0.15) is 386 Å². The molecule has 3 aromatic carbocycles. The van der Waals surface area contributed by atoms with Crippen LogP contribution in [0.2, 0.25) is 0 Å². The summed E-state index contributed by atoms with van der Waals surface area (Å²) in [5, 5.41) is 0. The first-order valence-corrected chi connectivity index (χ1v) is 41.1. The number of rotatable bonds is 66. The van der Waals surface area contributed by atoms with Crippen molar-refractivity contribution in [1.29, 1.82) is 0 Å². The maximum Gasteiger partial charge on any atom is 0.530 e. The molecule has 0 radical (unpaired) electrons. The van der Waals surface area contributed by atoms with Gasteiger partial charge in [0.1, 0.15) is 17.2 Å². The second-order valence-corrected chi connectivity index (χ2v) is 28.4. The summed E-state index contributed by atoms with van der Waals surface area (Å²) >= 11 is 0. The van der Waals surface area contributed by atoms with Crippen LogP contribution in [0.25, 0.3) is 0 Å². The van der Waals surface area contributed by atoms with Crippen molar-refractivity contribution >= 4 is 17.2 Å². The van der Waals surface area contributed by atoms with Crippen LogP contribution >= 0.6 is 17.2 Å². The van der Waals surface area contributed by atoms with E-state index in [0.29, 0.717) is 0 Å². The molecule has 0 heterocycles. The molecule has 0 N–H and O–H groups in total. The van der Waals surface area contributed by atoms with Gasteiger partial charge in [-0.2, -0.15) is 0 Å². The molecule has 0 aromatic heterocycles. The Morgan fingerprint density at radius 2 is 0.382 bits per heavy atom. The predicted molar refractivity (Wildman–Crippen MR) is 394 cm³/mol. The van der Waals surface area contributed by atoms with Gasteiger partial charge in [0.2, 0.25) is 0 Å². The molecular weight excluding hydrogens is 1130 g/mol. The maximum atomic E-state index is 6.76. The topological polar surface area (TPSA) is 55.4 Å². The number of benzene rings is 3. The molecule has 514 valence electrons. The highest BCUT2D eigenvalue weighted by Crippen LogP contribution is 2.46. The van der Waals surface area contributed by atoms with E-state index >= 15 is 0 Å². The highest BCUT2D eigenvalue weighted by atomic mass is 31.2. The quantitative estimate of drug-likeness (QED) is 0.0415. The Morgan fingerprint density at radius 1 is 0.202 bits per heavy atom. The molecule has 0 aliphatic carbocycles. The van der Waals surface area contributed by atoms with Crippen LogP contribution < -0.4 is 13.6 Å². The van der Waals surface area contributed by atoms with Crippen LogP contribution in [-0.4, -0.2) is 19.8 Å². The Hall–Kier alpha value is -2.20. The molecule has 6 nitrogen and oxygen atoms in total. The van der Waals surface area contributed by atoms with Gasteiger partial charge < -0.3 is 27.1 Å². The highest BCUT2D eigenvalue weighted by molar-refractivity contribution is 7.43. The molecule has 0 spiro atoms. The van der Waals surface area contributed by atoms with E-state index in [1.807, 2.05) is 0 Å². The lowest BCUT2D eigenvalue weighted by molar-refractivity contribution is 0.153. The van der Waals surface area contributed by atoms with Gasteiger partial charge in [0, 0.05) is 0 Å². The summed E-state index contributed by atoms with van der Waals surface area (Å²) in [6.07, 6.45) is 71.0. The fourth-order valence-electron chi connectivity index (χ4n) is 11.8. The molecule has 3 aromatic rings. The normalized spacial score (nSPS) is 11.5. The Kier molecular flexibility index (Phi) is 61.3. The summed E-state index contributed by atoms with van der Waals surface area (Å²) in [7, 11) is -2.89. The number of unbranched alkanes of at least 4 members (excludes halogenated alkanes) is 45. The Balaban J connectivity index is 0.000000621. The van der Waals surface area contributed by atoms with Crippen molar-refractivity contribution < 1.29 is 27.1 Å². The van der Waals surface area contributed by atoms with Gasteiger partial charge in [-0.3, -0.25) is 0 Å². The summed E-state index contributed by atoms with van der Waals surface area (Å²) in [6.45, 7) is 16.1. The van der Waals surface area contributed by atoms with Gasteiger partial charge in [0.25, 0.3) is 0 Å². The minimum Gasteiger partial charge on any atom is -0.408 e. The first-order chi connectivity index (χ1) is 44.1. The Labute approximate surface area is 556 Å². The van der Waals surface area contributed by atoms with Crippen molar-refractivity contribution in [3.05, 3.63) is 89.5 Å². The van der Waals surface area contributed by atoms with Crippen molar-refractivity contribution in [3.63, 3.8) is 0 Å². The molecule has 0 bridgehead atoms. The Morgan fingerprint density at radius 3 is 0.596 bits per heavy atom. The Bertz CT molecular complexity index is 1680. The monoisotopic (exact) mass is 1280 g/mol. The first-order valence-electron chi connectivity index (χ1n) is 38.9. The largest absolute Gasteiger partial charge is 0.530 e. The van der Waals surface area contributed by atoms with Crippen LogP contribution in [0.15, 0.2) is 72.8 Å². The third-order valence-corrected chi connectivity index (χ3v) is 19.9. The molecule has 0 amide bonds. The SMILES string of the molecule is CCCCCCCCCCCCOP(OCCCCCCCCCCCC)OCCCCCCCCCCCC.CCCCCCCCCc1ccccc1OP(Oc1ccccc1CCCCCCCCC)Oc1ccccc1CCCCCCCCC. The van der Waals surface area contributed by atoms with Gasteiger partial charge in [-0.15, -0.1) is 0 Å². The van der Waals surface area contributed by atoms with Gasteiger partial charge in [0.15, 0.2) is 0 Å². The van der Waals surface area contributed by atoms with Crippen LogP contribution in [0.3, 0.4) is 0 Å². The lowest BCUT2D eigenvalue weighted by atomic mass is 10.0. The lowest BCUT2D eigenvalue weighted by Crippen LogP contribution is -2.06. The zero-order valence-electron chi connectivity index (χ0n) is 59.6. The van der Waals surface area contributed by atoms with Gasteiger partial charge in [-0.05, 0) is 92.7 Å². The van der Waals surface area contributed by atoms with E-state index in [2.05, 4.69) is 114 Å². The highest BCUT2D eigenvalue weighted by Gasteiger charge is 2.24. The van der Waals surface area contributed by atoms with E-state index in [0.717, 1.165) is 75.6 Å². The summed E-state index contributed by atoms with van der Waals surface area (Å²) in [5.41, 5.74) is 3.72. The molecule has 3 rings (SSSR count). The molecule has 89 heavy (non-hydrogen) atoms. The second kappa shape index (κ2) is 65.8. The molecule has 0 saturated heterocycles. The van der Waals surface area contributed by atoms with Gasteiger partial charge in [-0.1, -0.05) is 385 Å². The number of hydrogen-bond donors (Lipinski definition) is 0. The summed E-state index contributed by atoms with van der Waals surface area (Å²) in [4.78, 5) is 0. The minimum absolute atomic E-state index is 0.790. The third kappa shape index (κ3) is 50.9.